The van der Waals surface area contributed by atoms with E-state index in [1.54, 1.807) is 25.3 Å². The number of amides is 1. The highest BCUT2D eigenvalue weighted by Crippen LogP contribution is 2.46. The summed E-state index contributed by atoms with van der Waals surface area (Å²) in [5, 5.41) is 8.95. The maximum absolute atomic E-state index is 13.2. The number of carbonyl (C=O) groups excluding carboxylic acids is 1. The predicted octanol–water partition coefficient (Wildman–Crippen LogP) is 4.38. The van der Waals surface area contributed by atoms with Gasteiger partial charge in [-0.05, 0) is 38.1 Å². The van der Waals surface area contributed by atoms with Gasteiger partial charge in [-0.25, -0.2) is 0 Å². The van der Waals surface area contributed by atoms with Gasteiger partial charge in [-0.1, -0.05) is 18.2 Å². The average molecular weight is 470 g/mol. The van der Waals surface area contributed by atoms with Gasteiger partial charge < -0.3 is 29.0 Å². The van der Waals surface area contributed by atoms with Gasteiger partial charge in [0.2, 0.25) is 0 Å². The molecule has 1 atom stereocenters. The molecule has 7 heteroatoms. The first kappa shape index (κ1) is 24.4. The maximum atomic E-state index is 13.2. The van der Waals surface area contributed by atoms with Crippen LogP contribution in [0.15, 0.2) is 42.5 Å². The second kappa shape index (κ2) is 10.7. The number of aliphatic hydroxyl groups excluding tert-OH is 1. The monoisotopic (exact) mass is 469 g/mol. The second-order valence-electron chi connectivity index (χ2n) is 9.28. The molecule has 4 rings (SSSR count). The van der Waals surface area contributed by atoms with Crippen LogP contribution in [-0.2, 0) is 4.74 Å². The number of carbonyl (C=O) groups is 1. The summed E-state index contributed by atoms with van der Waals surface area (Å²) in [6.07, 6.45) is 2.96. The van der Waals surface area contributed by atoms with Crippen molar-refractivity contribution in [2.45, 2.75) is 57.3 Å². The van der Waals surface area contributed by atoms with Crippen molar-refractivity contribution in [2.75, 3.05) is 33.4 Å². The Balaban J connectivity index is 1.44. The Hall–Kier alpha value is -2.77. The number of methoxy groups -OCH3 is 1. The molecule has 0 bridgehead atoms. The van der Waals surface area contributed by atoms with E-state index < -0.39 is 0 Å². The molecule has 1 N–H and O–H groups in total. The van der Waals surface area contributed by atoms with Crippen LogP contribution < -0.4 is 14.2 Å². The number of piperidine rings is 1. The number of nitrogens with zero attached hydrogens (tertiary/aromatic N) is 1. The Labute approximate surface area is 201 Å². The van der Waals surface area contributed by atoms with Crippen molar-refractivity contribution in [1.29, 1.82) is 0 Å². The van der Waals surface area contributed by atoms with Crippen molar-refractivity contribution in [1.82, 2.24) is 4.90 Å². The fourth-order valence-corrected chi connectivity index (χ4v) is 4.78. The zero-order valence-corrected chi connectivity index (χ0v) is 20.3. The molecule has 0 radical (unpaired) electrons. The SMILES string of the molecule is COc1cc(C(=O)N2CCC3(CC2)C[C@@H](OC(C)C)c2ccccc2O3)ccc1OCCCO. The number of aliphatic hydroxyl groups is 1. The van der Waals surface area contributed by atoms with Crippen LogP contribution in [0.25, 0.3) is 0 Å². The Kier molecular flexibility index (Phi) is 7.63. The van der Waals surface area contributed by atoms with Gasteiger partial charge in [0, 0.05) is 56.5 Å². The smallest absolute Gasteiger partial charge is 0.253 e. The first-order valence-electron chi connectivity index (χ1n) is 12.1. The molecule has 0 saturated carbocycles. The molecule has 2 heterocycles. The number of fused-ring (bicyclic) bond motifs is 1. The number of likely N-dealkylation sites (tertiary alicyclic amines) is 1. The van der Waals surface area contributed by atoms with Crippen LogP contribution in [0.1, 0.15) is 61.6 Å². The molecule has 1 amide bonds. The third kappa shape index (κ3) is 5.31. The van der Waals surface area contributed by atoms with Crippen LogP contribution in [0, 0.1) is 0 Å². The van der Waals surface area contributed by atoms with E-state index >= 15 is 0 Å². The van der Waals surface area contributed by atoms with Crippen LogP contribution in [0.5, 0.6) is 17.2 Å². The molecule has 1 spiro atoms. The third-order valence-corrected chi connectivity index (χ3v) is 6.52. The summed E-state index contributed by atoms with van der Waals surface area (Å²) in [6, 6.07) is 13.4. The summed E-state index contributed by atoms with van der Waals surface area (Å²) in [5.41, 5.74) is 1.35. The number of rotatable bonds is 8. The Morgan fingerprint density at radius 2 is 1.94 bits per heavy atom. The van der Waals surface area contributed by atoms with Gasteiger partial charge in [0.05, 0.1) is 25.9 Å². The lowest BCUT2D eigenvalue weighted by Crippen LogP contribution is -2.52. The Bertz CT molecular complexity index is 983. The highest BCUT2D eigenvalue weighted by atomic mass is 16.5. The summed E-state index contributed by atoms with van der Waals surface area (Å²) >= 11 is 0. The van der Waals surface area contributed by atoms with Gasteiger partial charge >= 0.3 is 0 Å². The molecule has 2 aromatic rings. The van der Waals surface area contributed by atoms with E-state index in [0.29, 0.717) is 43.2 Å². The lowest BCUT2D eigenvalue weighted by Gasteiger charge is -2.47. The highest BCUT2D eigenvalue weighted by molar-refractivity contribution is 5.95. The third-order valence-electron chi connectivity index (χ3n) is 6.52. The fourth-order valence-electron chi connectivity index (χ4n) is 4.78. The second-order valence-corrected chi connectivity index (χ2v) is 9.28. The molecular weight excluding hydrogens is 434 g/mol. The van der Waals surface area contributed by atoms with Gasteiger partial charge in [-0.3, -0.25) is 4.79 Å². The van der Waals surface area contributed by atoms with Crippen LogP contribution in [0.3, 0.4) is 0 Å². The van der Waals surface area contributed by atoms with Crippen molar-refractivity contribution in [3.05, 3.63) is 53.6 Å². The summed E-state index contributed by atoms with van der Waals surface area (Å²) < 4.78 is 23.9. The number of para-hydroxylation sites is 1. The minimum absolute atomic E-state index is 0.00478. The van der Waals surface area contributed by atoms with E-state index in [9.17, 15) is 4.79 Å². The van der Waals surface area contributed by atoms with Crippen molar-refractivity contribution < 1.29 is 28.8 Å². The van der Waals surface area contributed by atoms with Gasteiger partial charge in [0.25, 0.3) is 5.91 Å². The first-order valence-corrected chi connectivity index (χ1v) is 12.1. The average Bonchev–Trinajstić information content (AvgIpc) is 2.84. The van der Waals surface area contributed by atoms with Crippen LogP contribution >= 0.6 is 0 Å². The topological polar surface area (TPSA) is 77.5 Å². The molecule has 2 aromatic carbocycles. The van der Waals surface area contributed by atoms with Gasteiger partial charge in [-0.15, -0.1) is 0 Å². The zero-order chi connectivity index (χ0) is 24.1. The first-order chi connectivity index (χ1) is 16.4. The normalized spacial score (nSPS) is 19.0. The number of hydrogen-bond acceptors (Lipinski definition) is 6. The fraction of sp³-hybridized carbons (Fsp3) is 0.519. The van der Waals surface area contributed by atoms with E-state index in [1.165, 1.54) is 0 Å². The number of hydrogen-bond donors (Lipinski definition) is 1. The quantitative estimate of drug-likeness (QED) is 0.578. The van der Waals surface area contributed by atoms with Crippen molar-refractivity contribution in [2.24, 2.45) is 0 Å². The largest absolute Gasteiger partial charge is 0.493 e. The molecule has 184 valence electrons. The van der Waals surface area contributed by atoms with Gasteiger partial charge in [0.15, 0.2) is 11.5 Å². The van der Waals surface area contributed by atoms with E-state index in [1.807, 2.05) is 23.1 Å². The van der Waals surface area contributed by atoms with E-state index in [0.717, 1.165) is 30.6 Å². The van der Waals surface area contributed by atoms with E-state index in [2.05, 4.69) is 19.9 Å². The van der Waals surface area contributed by atoms with Gasteiger partial charge in [0.1, 0.15) is 11.4 Å². The van der Waals surface area contributed by atoms with Crippen molar-refractivity contribution >= 4 is 5.91 Å². The molecule has 0 aromatic heterocycles. The van der Waals surface area contributed by atoms with Crippen LogP contribution in [0.4, 0.5) is 0 Å². The molecule has 0 unspecified atom stereocenters. The summed E-state index contributed by atoms with van der Waals surface area (Å²) in [4.78, 5) is 15.1. The molecule has 0 aliphatic carbocycles. The molecule has 1 fully saturated rings. The minimum atomic E-state index is -0.327. The molecule has 1 saturated heterocycles. The molecular formula is C27H35NO6. The highest BCUT2D eigenvalue weighted by Gasteiger charge is 2.44. The molecule has 2 aliphatic heterocycles. The van der Waals surface area contributed by atoms with Crippen LogP contribution in [0.2, 0.25) is 0 Å². The van der Waals surface area contributed by atoms with Gasteiger partial charge in [-0.2, -0.15) is 0 Å². The Morgan fingerprint density at radius 1 is 1.18 bits per heavy atom. The van der Waals surface area contributed by atoms with Crippen LogP contribution in [-0.4, -0.2) is 61.0 Å². The lowest BCUT2D eigenvalue weighted by atomic mass is 9.81. The Morgan fingerprint density at radius 3 is 2.65 bits per heavy atom. The minimum Gasteiger partial charge on any atom is -0.493 e. The number of benzene rings is 2. The predicted molar refractivity (Wildman–Crippen MR) is 129 cm³/mol. The molecule has 34 heavy (non-hydrogen) atoms. The summed E-state index contributed by atoms with van der Waals surface area (Å²) in [6.45, 7) is 5.80. The standard InChI is InChI=1S/C27H35NO6/c1-19(2)33-25-18-27(34-22-8-5-4-7-21(22)25)11-13-28(14-12-27)26(30)20-9-10-23(24(17-20)31-3)32-16-6-15-29/h4-5,7-10,17,19,25,29H,6,11-16,18H2,1-3H3/t25-/m1/s1. The molecule has 7 nitrogen and oxygen atoms in total. The number of ether oxygens (including phenoxy) is 4. The van der Waals surface area contributed by atoms with E-state index in [4.69, 9.17) is 24.1 Å². The summed E-state index contributed by atoms with van der Waals surface area (Å²) in [5.74, 6) is 1.94. The van der Waals surface area contributed by atoms with Crippen molar-refractivity contribution in [3.8, 4) is 17.2 Å². The molecule has 2 aliphatic rings. The van der Waals surface area contributed by atoms with Crippen molar-refractivity contribution in [3.63, 3.8) is 0 Å². The maximum Gasteiger partial charge on any atom is 0.253 e. The lowest BCUT2D eigenvalue weighted by molar-refractivity contribution is -0.0872. The van der Waals surface area contributed by atoms with E-state index in [-0.39, 0.29) is 30.3 Å². The zero-order valence-electron chi connectivity index (χ0n) is 20.3. The summed E-state index contributed by atoms with van der Waals surface area (Å²) in [7, 11) is 1.56.